The number of esters is 1. The molecule has 5 nitrogen and oxygen atoms in total. The Morgan fingerprint density at radius 2 is 1.60 bits per heavy atom. The van der Waals surface area contributed by atoms with Crippen molar-refractivity contribution in [3.63, 3.8) is 0 Å². The number of benzene rings is 2. The lowest BCUT2D eigenvalue weighted by Gasteiger charge is -2.14. The molecule has 0 aromatic heterocycles. The Labute approximate surface area is 153 Å². The molecule has 1 aliphatic heterocycles. The second kappa shape index (κ2) is 7.19. The van der Waals surface area contributed by atoms with Gasteiger partial charge in [0.15, 0.2) is 0 Å². The van der Waals surface area contributed by atoms with Crippen LogP contribution in [0, 0.1) is 0 Å². The van der Waals surface area contributed by atoms with Crippen molar-refractivity contribution in [3.8, 4) is 0 Å². The van der Waals surface area contributed by atoms with E-state index >= 15 is 0 Å². The van der Waals surface area contributed by atoms with E-state index in [1.807, 2.05) is 19.1 Å². The van der Waals surface area contributed by atoms with Gasteiger partial charge in [-0.2, -0.15) is 0 Å². The summed E-state index contributed by atoms with van der Waals surface area (Å²) in [5.74, 6) is -1.19. The molecule has 0 bridgehead atoms. The van der Waals surface area contributed by atoms with Gasteiger partial charge in [0.1, 0.15) is 6.61 Å². The van der Waals surface area contributed by atoms with Crippen molar-refractivity contribution < 1.29 is 19.1 Å². The third-order valence-electron chi connectivity index (χ3n) is 4.03. The molecule has 0 fully saturated rings. The van der Waals surface area contributed by atoms with Crippen LogP contribution in [0.1, 0.15) is 48.4 Å². The maximum absolute atomic E-state index is 12.2. The molecule has 3 rings (SSSR count). The molecule has 2 aromatic rings. The Bertz CT molecular complexity index is 795. The maximum atomic E-state index is 12.2. The third-order valence-corrected chi connectivity index (χ3v) is 4.56. The average molecular weight is 402 g/mol. The lowest BCUT2D eigenvalue weighted by Crippen LogP contribution is -2.33. The van der Waals surface area contributed by atoms with Crippen molar-refractivity contribution in [3.05, 3.63) is 70.8 Å². The number of hydrogen-bond acceptors (Lipinski definition) is 4. The van der Waals surface area contributed by atoms with E-state index in [9.17, 15) is 14.4 Å². The van der Waals surface area contributed by atoms with E-state index in [1.165, 1.54) is 0 Å². The molecule has 0 aliphatic carbocycles. The van der Waals surface area contributed by atoms with Crippen LogP contribution < -0.4 is 0 Å². The lowest BCUT2D eigenvalue weighted by atomic mass is 10.1. The molecule has 2 aromatic carbocycles. The molecule has 0 N–H and O–H groups in total. The Hall–Kier alpha value is -2.47. The van der Waals surface area contributed by atoms with Crippen LogP contribution in [0.2, 0.25) is 0 Å². The fourth-order valence-electron chi connectivity index (χ4n) is 2.64. The van der Waals surface area contributed by atoms with E-state index < -0.39 is 5.97 Å². The van der Waals surface area contributed by atoms with Gasteiger partial charge in [-0.1, -0.05) is 40.2 Å². The highest BCUT2D eigenvalue weighted by Gasteiger charge is 2.34. The number of alkyl halides is 1. The molecule has 25 heavy (non-hydrogen) atoms. The second-order valence-corrected chi connectivity index (χ2v) is 7.05. The quantitative estimate of drug-likeness (QED) is 0.436. The van der Waals surface area contributed by atoms with Crippen molar-refractivity contribution in [2.24, 2.45) is 0 Å². The molecule has 0 radical (unpaired) electrons. The predicted octanol–water partition coefficient (Wildman–Crippen LogP) is 3.60. The molecule has 1 atom stereocenters. The smallest absolute Gasteiger partial charge is 0.338 e. The fraction of sp³-hybridized carbons (Fsp3) is 0.211. The highest BCUT2D eigenvalue weighted by atomic mass is 79.9. The molecule has 0 spiro atoms. The Balaban J connectivity index is 1.57. The third kappa shape index (κ3) is 3.49. The van der Waals surface area contributed by atoms with Gasteiger partial charge in [0, 0.05) is 4.83 Å². The Kier molecular flexibility index (Phi) is 4.99. The molecule has 0 saturated carbocycles. The molecule has 6 heteroatoms. The van der Waals surface area contributed by atoms with Crippen molar-refractivity contribution >= 4 is 33.7 Å². The first-order valence-electron chi connectivity index (χ1n) is 7.85. The van der Waals surface area contributed by atoms with Gasteiger partial charge in [-0.3, -0.25) is 14.5 Å². The standard InChI is InChI=1S/C19H16BrNO4/c1-12(20)13-6-8-14(9-7-13)19(24)25-11-10-21-17(22)15-4-2-3-5-16(15)18(21)23/h2-9,12H,10-11H2,1H3. The summed E-state index contributed by atoms with van der Waals surface area (Å²) < 4.78 is 5.19. The number of amides is 2. The minimum Gasteiger partial charge on any atom is -0.460 e. The van der Waals surface area contributed by atoms with E-state index in [-0.39, 0.29) is 29.8 Å². The number of halogens is 1. The van der Waals surface area contributed by atoms with E-state index in [1.54, 1.807) is 36.4 Å². The zero-order chi connectivity index (χ0) is 18.0. The monoisotopic (exact) mass is 401 g/mol. The highest BCUT2D eigenvalue weighted by Crippen LogP contribution is 2.23. The van der Waals surface area contributed by atoms with Crippen LogP contribution in [0.4, 0.5) is 0 Å². The van der Waals surface area contributed by atoms with Gasteiger partial charge in [0.2, 0.25) is 0 Å². The molecule has 1 aliphatic rings. The Morgan fingerprint density at radius 1 is 1.04 bits per heavy atom. The number of fused-ring (bicyclic) bond motifs is 1. The van der Waals surface area contributed by atoms with Crippen LogP contribution in [0.3, 0.4) is 0 Å². The summed E-state index contributed by atoms with van der Waals surface area (Å²) in [5, 5.41) is 0. The first-order valence-corrected chi connectivity index (χ1v) is 8.77. The van der Waals surface area contributed by atoms with Crippen LogP contribution in [-0.4, -0.2) is 35.8 Å². The molecular formula is C19H16BrNO4. The molecule has 128 valence electrons. The zero-order valence-corrected chi connectivity index (χ0v) is 15.2. The lowest BCUT2D eigenvalue weighted by molar-refractivity contribution is 0.0420. The van der Waals surface area contributed by atoms with Crippen LogP contribution >= 0.6 is 15.9 Å². The minimum atomic E-state index is -0.481. The van der Waals surface area contributed by atoms with E-state index in [4.69, 9.17) is 4.74 Å². The zero-order valence-electron chi connectivity index (χ0n) is 13.6. The number of carbonyl (C=O) groups is 3. The predicted molar refractivity (Wildman–Crippen MR) is 95.9 cm³/mol. The summed E-state index contributed by atoms with van der Waals surface area (Å²) in [7, 11) is 0. The van der Waals surface area contributed by atoms with Crippen LogP contribution in [0.15, 0.2) is 48.5 Å². The van der Waals surface area contributed by atoms with Crippen molar-refractivity contribution in [2.75, 3.05) is 13.2 Å². The van der Waals surface area contributed by atoms with Crippen LogP contribution in [0.25, 0.3) is 0 Å². The molecule has 2 amide bonds. The van der Waals surface area contributed by atoms with Gasteiger partial charge in [-0.05, 0) is 36.8 Å². The molecule has 1 heterocycles. The number of nitrogens with zero attached hydrogens (tertiary/aromatic N) is 1. The number of rotatable bonds is 5. The van der Waals surface area contributed by atoms with Crippen LogP contribution in [0.5, 0.6) is 0 Å². The van der Waals surface area contributed by atoms with Gasteiger partial charge < -0.3 is 4.74 Å². The summed E-state index contributed by atoms with van der Waals surface area (Å²) >= 11 is 3.46. The second-order valence-electron chi connectivity index (χ2n) is 5.68. The molecule has 1 unspecified atom stereocenters. The largest absolute Gasteiger partial charge is 0.460 e. The normalized spacial score (nSPS) is 14.4. The summed E-state index contributed by atoms with van der Waals surface area (Å²) in [6.45, 7) is 1.99. The minimum absolute atomic E-state index is 0.0363. The Morgan fingerprint density at radius 3 is 2.12 bits per heavy atom. The fourth-order valence-corrected chi connectivity index (χ4v) is 2.94. The van der Waals surface area contributed by atoms with Gasteiger partial charge in [-0.25, -0.2) is 4.79 Å². The summed E-state index contributed by atoms with van der Waals surface area (Å²) in [4.78, 5) is 37.8. The molecular weight excluding hydrogens is 386 g/mol. The van der Waals surface area contributed by atoms with Crippen molar-refractivity contribution in [2.45, 2.75) is 11.8 Å². The SMILES string of the molecule is CC(Br)c1ccc(C(=O)OCCN2C(=O)c3ccccc3C2=O)cc1. The van der Waals surface area contributed by atoms with E-state index in [2.05, 4.69) is 15.9 Å². The van der Waals surface area contributed by atoms with E-state index in [0.717, 1.165) is 10.5 Å². The maximum Gasteiger partial charge on any atom is 0.338 e. The topological polar surface area (TPSA) is 63.7 Å². The summed E-state index contributed by atoms with van der Waals surface area (Å²) in [6, 6.07) is 13.7. The number of hydrogen-bond donors (Lipinski definition) is 0. The van der Waals surface area contributed by atoms with Gasteiger partial charge >= 0.3 is 5.97 Å². The number of imide groups is 1. The number of ether oxygens (including phenoxy) is 1. The first-order chi connectivity index (χ1) is 12.0. The van der Waals surface area contributed by atoms with Gasteiger partial charge in [-0.15, -0.1) is 0 Å². The number of carbonyl (C=O) groups excluding carboxylic acids is 3. The summed E-state index contributed by atoms with van der Waals surface area (Å²) in [5.41, 5.74) is 2.26. The van der Waals surface area contributed by atoms with E-state index in [0.29, 0.717) is 16.7 Å². The first kappa shape index (κ1) is 17.4. The van der Waals surface area contributed by atoms with Gasteiger partial charge in [0.05, 0.1) is 23.2 Å². The van der Waals surface area contributed by atoms with Crippen molar-refractivity contribution in [1.29, 1.82) is 0 Å². The van der Waals surface area contributed by atoms with Crippen LogP contribution in [-0.2, 0) is 4.74 Å². The van der Waals surface area contributed by atoms with Gasteiger partial charge in [0.25, 0.3) is 11.8 Å². The highest BCUT2D eigenvalue weighted by molar-refractivity contribution is 9.09. The molecule has 0 saturated heterocycles. The summed E-state index contributed by atoms with van der Waals surface area (Å²) in [6.07, 6.45) is 0. The van der Waals surface area contributed by atoms with Crippen molar-refractivity contribution in [1.82, 2.24) is 4.90 Å². The average Bonchev–Trinajstić information content (AvgIpc) is 2.87.